The molecule has 7 nitrogen and oxygen atoms in total. The molecule has 198 valence electrons. The van der Waals surface area contributed by atoms with Crippen LogP contribution in [0.5, 0.6) is 17.4 Å². The smallest absolute Gasteiger partial charge is 0.335 e. The van der Waals surface area contributed by atoms with Gasteiger partial charge in [-0.3, -0.25) is 0 Å². The van der Waals surface area contributed by atoms with Crippen LogP contribution in [0.2, 0.25) is 5.02 Å². The number of carboxylic acid groups (broad SMARTS) is 1. The van der Waals surface area contributed by atoms with Gasteiger partial charge in [-0.25, -0.2) is 14.2 Å². The van der Waals surface area contributed by atoms with Gasteiger partial charge in [0.25, 0.3) is 0 Å². The third-order valence-corrected chi connectivity index (χ3v) is 8.17. The minimum absolute atomic E-state index is 0.162. The van der Waals surface area contributed by atoms with Crippen LogP contribution in [0.1, 0.15) is 70.1 Å². The first kappa shape index (κ1) is 24.2. The van der Waals surface area contributed by atoms with Crippen molar-refractivity contribution in [2.75, 3.05) is 0 Å². The second-order valence-corrected chi connectivity index (χ2v) is 11.1. The molecule has 4 aromatic rings. The Kier molecular flexibility index (Phi) is 5.46. The first-order valence-electron chi connectivity index (χ1n) is 12.9. The summed E-state index contributed by atoms with van der Waals surface area (Å²) in [6, 6.07) is 11.3. The summed E-state index contributed by atoms with van der Waals surface area (Å²) in [5.74, 6) is 1.25. The Balaban J connectivity index is 1.21. The van der Waals surface area contributed by atoms with Gasteiger partial charge in [-0.1, -0.05) is 22.8 Å². The number of nitrogens with zero attached hydrogens (tertiary/aromatic N) is 2. The molecule has 0 atom stereocenters. The molecule has 0 saturated heterocycles. The highest BCUT2D eigenvalue weighted by Crippen LogP contribution is 2.56. The van der Waals surface area contributed by atoms with E-state index in [0.717, 1.165) is 54.7 Å². The van der Waals surface area contributed by atoms with Gasteiger partial charge in [0.05, 0.1) is 21.8 Å². The Morgan fingerprint density at radius 3 is 2.72 bits per heavy atom. The molecular weight excluding hydrogens is 523 g/mol. The molecule has 39 heavy (non-hydrogen) atoms. The van der Waals surface area contributed by atoms with Gasteiger partial charge in [0, 0.05) is 23.0 Å². The highest BCUT2D eigenvalue weighted by atomic mass is 35.5. The standard InChI is InChI=1S/C30H24ClFN2O5/c1-15-10-19(32)12-21(31)25(15)26-20(27(39-34-26)16-2-3-16)14-37-24-7-6-22-28(33-24)30(8-9-30)13-18-5-4-17(29(35)36)11-23(18)38-22/h4-7,10-12,16H,2-3,8-9,13-14H2,1H3,(H,35,36). The fourth-order valence-electron chi connectivity index (χ4n) is 5.50. The minimum atomic E-state index is -0.996. The third kappa shape index (κ3) is 4.23. The van der Waals surface area contributed by atoms with Crippen molar-refractivity contribution in [2.24, 2.45) is 0 Å². The van der Waals surface area contributed by atoms with E-state index in [4.69, 9.17) is 30.6 Å². The first-order chi connectivity index (χ1) is 18.8. The maximum Gasteiger partial charge on any atom is 0.335 e. The summed E-state index contributed by atoms with van der Waals surface area (Å²) in [4.78, 5) is 16.4. The van der Waals surface area contributed by atoms with Crippen molar-refractivity contribution in [3.8, 4) is 28.6 Å². The summed E-state index contributed by atoms with van der Waals surface area (Å²) in [6.07, 6.45) is 4.67. The van der Waals surface area contributed by atoms with Crippen LogP contribution < -0.4 is 9.47 Å². The van der Waals surface area contributed by atoms with Gasteiger partial charge >= 0.3 is 5.97 Å². The first-order valence-corrected chi connectivity index (χ1v) is 13.3. The van der Waals surface area contributed by atoms with Crippen LogP contribution in [-0.2, 0) is 18.4 Å². The van der Waals surface area contributed by atoms with E-state index in [0.29, 0.717) is 34.2 Å². The van der Waals surface area contributed by atoms with Crippen LogP contribution in [0.3, 0.4) is 0 Å². The van der Waals surface area contributed by atoms with Crippen LogP contribution in [-0.4, -0.2) is 21.2 Å². The Bertz CT molecular complexity index is 1630. The largest absolute Gasteiger partial charge is 0.478 e. The number of aryl methyl sites for hydroxylation is 1. The zero-order valence-corrected chi connectivity index (χ0v) is 21.8. The van der Waals surface area contributed by atoms with E-state index in [1.54, 1.807) is 25.1 Å². The zero-order valence-electron chi connectivity index (χ0n) is 21.1. The van der Waals surface area contributed by atoms with Gasteiger partial charge < -0.3 is 19.1 Å². The summed E-state index contributed by atoms with van der Waals surface area (Å²) >= 11 is 6.44. The SMILES string of the molecule is Cc1cc(F)cc(Cl)c1-c1noc(C2CC2)c1COc1ccc2c(n1)C1(CC1)Cc1ccc(C(=O)O)cc1O2. The summed E-state index contributed by atoms with van der Waals surface area (Å²) in [5.41, 5.74) is 4.45. The van der Waals surface area contributed by atoms with E-state index in [1.807, 2.05) is 12.1 Å². The van der Waals surface area contributed by atoms with E-state index < -0.39 is 11.8 Å². The van der Waals surface area contributed by atoms with Gasteiger partial charge in [-0.05, 0) is 80.5 Å². The van der Waals surface area contributed by atoms with E-state index in [2.05, 4.69) is 5.16 Å². The number of aromatic carboxylic acids is 1. The lowest BCUT2D eigenvalue weighted by Gasteiger charge is -2.15. The fraction of sp³-hybridized carbons (Fsp3) is 0.300. The lowest BCUT2D eigenvalue weighted by Crippen LogP contribution is -2.12. The zero-order chi connectivity index (χ0) is 26.9. The quantitative estimate of drug-likeness (QED) is 0.270. The number of hydrogen-bond acceptors (Lipinski definition) is 6. The molecule has 2 aliphatic carbocycles. The normalized spacial score (nSPS) is 16.7. The molecule has 2 fully saturated rings. The number of fused-ring (bicyclic) bond motifs is 3. The minimum Gasteiger partial charge on any atom is -0.478 e. The van der Waals surface area contributed by atoms with E-state index in [-0.39, 0.29) is 28.5 Å². The van der Waals surface area contributed by atoms with Crippen LogP contribution in [0.15, 0.2) is 47.0 Å². The number of carboxylic acids is 1. The molecule has 3 aliphatic rings. The van der Waals surface area contributed by atoms with Crippen LogP contribution in [0, 0.1) is 12.7 Å². The predicted octanol–water partition coefficient (Wildman–Crippen LogP) is 7.37. The van der Waals surface area contributed by atoms with Crippen molar-refractivity contribution >= 4 is 17.6 Å². The van der Waals surface area contributed by atoms with Gasteiger partial charge in [-0.2, -0.15) is 0 Å². The van der Waals surface area contributed by atoms with Gasteiger partial charge in [0.2, 0.25) is 5.88 Å². The van der Waals surface area contributed by atoms with Gasteiger partial charge in [0.1, 0.15) is 35.4 Å². The summed E-state index contributed by atoms with van der Waals surface area (Å²) in [6.45, 7) is 1.96. The molecular formula is C30H24ClFN2O5. The van der Waals surface area contributed by atoms with Crippen molar-refractivity contribution in [1.82, 2.24) is 10.1 Å². The Morgan fingerprint density at radius 2 is 2.00 bits per heavy atom. The number of carbonyl (C=O) groups is 1. The summed E-state index contributed by atoms with van der Waals surface area (Å²) in [7, 11) is 0. The molecule has 0 radical (unpaired) electrons. The molecule has 0 bridgehead atoms. The Morgan fingerprint density at radius 1 is 1.18 bits per heavy atom. The van der Waals surface area contributed by atoms with Gasteiger partial charge in [0.15, 0.2) is 0 Å². The molecule has 7 rings (SSSR count). The highest BCUT2D eigenvalue weighted by molar-refractivity contribution is 6.33. The maximum atomic E-state index is 13.9. The van der Waals surface area contributed by atoms with Crippen molar-refractivity contribution in [1.29, 1.82) is 0 Å². The molecule has 1 N–H and O–H groups in total. The molecule has 2 saturated carbocycles. The fourth-order valence-corrected chi connectivity index (χ4v) is 5.85. The number of pyridine rings is 1. The van der Waals surface area contributed by atoms with Crippen LogP contribution in [0.25, 0.3) is 11.3 Å². The maximum absolute atomic E-state index is 13.9. The van der Waals surface area contributed by atoms with E-state index in [9.17, 15) is 14.3 Å². The van der Waals surface area contributed by atoms with Crippen LogP contribution >= 0.6 is 11.6 Å². The molecule has 0 unspecified atom stereocenters. The predicted molar refractivity (Wildman–Crippen MR) is 140 cm³/mol. The molecule has 1 spiro atoms. The Hall–Kier alpha value is -3.91. The number of benzene rings is 2. The molecule has 3 heterocycles. The number of ether oxygens (including phenoxy) is 2. The van der Waals surface area contributed by atoms with Gasteiger partial charge in [-0.15, -0.1) is 0 Å². The van der Waals surface area contributed by atoms with E-state index in [1.165, 1.54) is 12.1 Å². The number of aromatic nitrogens is 2. The molecule has 0 amide bonds. The number of rotatable bonds is 6. The van der Waals surface area contributed by atoms with Crippen molar-refractivity contribution < 1.29 is 28.3 Å². The van der Waals surface area contributed by atoms with Crippen LogP contribution in [0.4, 0.5) is 4.39 Å². The van der Waals surface area contributed by atoms with E-state index >= 15 is 0 Å². The second-order valence-electron chi connectivity index (χ2n) is 10.7. The summed E-state index contributed by atoms with van der Waals surface area (Å²) < 4.78 is 32.1. The van der Waals surface area contributed by atoms with Crippen molar-refractivity contribution in [3.05, 3.63) is 87.0 Å². The Labute approximate surface area is 228 Å². The lowest BCUT2D eigenvalue weighted by atomic mass is 9.92. The monoisotopic (exact) mass is 546 g/mol. The number of halogens is 2. The molecule has 2 aromatic carbocycles. The number of hydrogen-bond donors (Lipinski definition) is 1. The second kappa shape index (κ2) is 8.81. The molecule has 9 heteroatoms. The summed E-state index contributed by atoms with van der Waals surface area (Å²) in [5, 5.41) is 14.0. The van der Waals surface area contributed by atoms with Crippen molar-refractivity contribution in [2.45, 2.75) is 57.0 Å². The van der Waals surface area contributed by atoms with Crippen molar-refractivity contribution in [3.63, 3.8) is 0 Å². The highest BCUT2D eigenvalue weighted by Gasteiger charge is 2.49. The molecule has 2 aromatic heterocycles. The average molecular weight is 547 g/mol. The third-order valence-electron chi connectivity index (χ3n) is 7.87. The lowest BCUT2D eigenvalue weighted by molar-refractivity contribution is 0.0696. The average Bonchev–Trinajstić information content (AvgIpc) is 3.83. The topological polar surface area (TPSA) is 94.7 Å². The molecule has 1 aliphatic heterocycles.